The van der Waals surface area contributed by atoms with E-state index >= 15 is 0 Å². The largest absolute Gasteiger partial charge is 0.393 e. The van der Waals surface area contributed by atoms with E-state index in [1.54, 1.807) is 5.57 Å². The zero-order valence-electron chi connectivity index (χ0n) is 24.5. The Bertz CT molecular complexity index is 973. The first-order valence-corrected chi connectivity index (χ1v) is 16.1. The Morgan fingerprint density at radius 1 is 1.05 bits per heavy atom. The van der Waals surface area contributed by atoms with Gasteiger partial charge in [0.15, 0.2) is 0 Å². The van der Waals surface area contributed by atoms with Gasteiger partial charge < -0.3 is 14.9 Å². The van der Waals surface area contributed by atoms with Crippen LogP contribution in [0.3, 0.4) is 0 Å². The maximum Gasteiger partial charge on any atom is 0.225 e. The van der Waals surface area contributed by atoms with Crippen LogP contribution in [-0.2, 0) is 9.59 Å². The van der Waals surface area contributed by atoms with E-state index in [0.717, 1.165) is 62.2 Å². The molecule has 4 saturated carbocycles. The second-order valence-electron chi connectivity index (χ2n) is 14.9. The first-order chi connectivity index (χ1) is 18.1. The lowest BCUT2D eigenvalue weighted by Crippen LogP contribution is -2.55. The van der Waals surface area contributed by atoms with Gasteiger partial charge in [0.25, 0.3) is 0 Å². The van der Waals surface area contributed by atoms with Gasteiger partial charge >= 0.3 is 0 Å². The van der Waals surface area contributed by atoms with Crippen LogP contribution >= 0.6 is 0 Å². The molecule has 0 aromatic rings. The molecule has 5 fully saturated rings. The summed E-state index contributed by atoms with van der Waals surface area (Å²) in [5, 5.41) is 10.3. The van der Waals surface area contributed by atoms with Crippen molar-refractivity contribution in [2.75, 3.05) is 19.6 Å². The van der Waals surface area contributed by atoms with Gasteiger partial charge in [0.1, 0.15) is 0 Å². The Hall–Kier alpha value is -1.36. The Balaban J connectivity index is 1.05. The van der Waals surface area contributed by atoms with Gasteiger partial charge in [-0.1, -0.05) is 32.4 Å². The van der Waals surface area contributed by atoms with Gasteiger partial charge in [-0.2, -0.15) is 0 Å². The first-order valence-electron chi connectivity index (χ1n) is 16.1. The van der Waals surface area contributed by atoms with E-state index in [9.17, 15) is 14.7 Å². The molecule has 5 nitrogen and oxygen atoms in total. The highest BCUT2D eigenvalue weighted by Gasteiger charge is 2.59. The Labute approximate surface area is 230 Å². The van der Waals surface area contributed by atoms with E-state index in [2.05, 4.69) is 38.7 Å². The molecule has 6 aliphatic rings. The highest BCUT2D eigenvalue weighted by Crippen LogP contribution is 2.67. The number of aliphatic hydroxyl groups excluding tert-OH is 1. The van der Waals surface area contributed by atoms with Crippen molar-refractivity contribution in [2.24, 2.45) is 46.3 Å². The van der Waals surface area contributed by atoms with Crippen LogP contribution in [-0.4, -0.2) is 58.5 Å². The lowest BCUT2D eigenvalue weighted by atomic mass is 9.47. The number of carbonyl (C=O) groups is 2. The lowest BCUT2D eigenvalue weighted by molar-refractivity contribution is -0.143. The minimum Gasteiger partial charge on any atom is -0.393 e. The zero-order chi connectivity index (χ0) is 26.8. The van der Waals surface area contributed by atoms with Crippen LogP contribution in [0.1, 0.15) is 105 Å². The van der Waals surface area contributed by atoms with E-state index in [4.69, 9.17) is 0 Å². The molecule has 0 aromatic carbocycles. The average Bonchev–Trinajstić information content (AvgIpc) is 3.68. The quantitative estimate of drug-likeness (QED) is 0.462. The van der Waals surface area contributed by atoms with E-state index in [0.29, 0.717) is 54.6 Å². The van der Waals surface area contributed by atoms with Crippen molar-refractivity contribution in [3.63, 3.8) is 0 Å². The fourth-order valence-electron chi connectivity index (χ4n) is 10.4. The van der Waals surface area contributed by atoms with Gasteiger partial charge in [-0.3, -0.25) is 9.59 Å². The number of hydrogen-bond acceptors (Lipinski definition) is 3. The second-order valence-corrected chi connectivity index (χ2v) is 14.9. The molecule has 2 amide bonds. The number of fused-ring (bicyclic) bond motifs is 5. The molecule has 1 N–H and O–H groups in total. The number of amides is 2. The van der Waals surface area contributed by atoms with E-state index in [-0.39, 0.29) is 18.1 Å². The Morgan fingerprint density at radius 2 is 1.84 bits per heavy atom. The fraction of sp³-hybridized carbons (Fsp3) is 0.879. The van der Waals surface area contributed by atoms with E-state index < -0.39 is 0 Å². The van der Waals surface area contributed by atoms with E-state index in [1.165, 1.54) is 32.1 Å². The summed E-state index contributed by atoms with van der Waals surface area (Å²) in [5.41, 5.74) is 2.28. The number of nitrogens with zero attached hydrogens (tertiary/aromatic N) is 2. The molecule has 9 atom stereocenters. The van der Waals surface area contributed by atoms with Crippen LogP contribution in [0.4, 0.5) is 0 Å². The minimum absolute atomic E-state index is 0.128. The van der Waals surface area contributed by atoms with Crippen molar-refractivity contribution in [3.8, 4) is 0 Å². The van der Waals surface area contributed by atoms with Crippen LogP contribution in [0.25, 0.3) is 0 Å². The molecule has 0 spiro atoms. The summed E-state index contributed by atoms with van der Waals surface area (Å²) in [4.78, 5) is 29.8. The maximum absolute atomic E-state index is 13.3. The predicted molar refractivity (Wildman–Crippen MR) is 150 cm³/mol. The van der Waals surface area contributed by atoms with E-state index in [1.807, 2.05) is 4.90 Å². The third-order valence-electron chi connectivity index (χ3n) is 12.8. The van der Waals surface area contributed by atoms with Crippen molar-refractivity contribution in [1.82, 2.24) is 9.80 Å². The molecular formula is C33H52N2O3. The maximum atomic E-state index is 13.3. The lowest BCUT2D eigenvalue weighted by Gasteiger charge is -2.58. The van der Waals surface area contributed by atoms with Crippen molar-refractivity contribution < 1.29 is 14.7 Å². The van der Waals surface area contributed by atoms with Crippen LogP contribution in [0.15, 0.2) is 11.6 Å². The fourth-order valence-corrected chi connectivity index (χ4v) is 10.4. The summed E-state index contributed by atoms with van der Waals surface area (Å²) in [6, 6.07) is 0.129. The summed E-state index contributed by atoms with van der Waals surface area (Å²) in [5.74, 6) is 4.57. The molecule has 1 heterocycles. The van der Waals surface area contributed by atoms with Gasteiger partial charge in [-0.25, -0.2) is 0 Å². The van der Waals surface area contributed by atoms with Gasteiger partial charge in [0.05, 0.1) is 6.10 Å². The number of carbonyl (C=O) groups excluding carboxylic acids is 2. The normalized spacial score (nSPS) is 43.6. The molecule has 0 radical (unpaired) electrons. The first kappa shape index (κ1) is 26.8. The molecule has 212 valence electrons. The molecule has 38 heavy (non-hydrogen) atoms. The highest BCUT2D eigenvalue weighted by atomic mass is 16.3. The van der Waals surface area contributed by atoms with Crippen LogP contribution < -0.4 is 0 Å². The Kier molecular flexibility index (Phi) is 7.01. The topological polar surface area (TPSA) is 60.9 Å². The number of allylic oxidation sites excluding steroid dienone is 1. The molecule has 1 aliphatic heterocycles. The summed E-state index contributed by atoms with van der Waals surface area (Å²) >= 11 is 0. The van der Waals surface area contributed by atoms with Gasteiger partial charge in [0.2, 0.25) is 11.8 Å². The third-order valence-corrected chi connectivity index (χ3v) is 12.8. The summed E-state index contributed by atoms with van der Waals surface area (Å²) in [6.07, 6.45) is 15.8. The molecule has 6 rings (SSSR count). The van der Waals surface area contributed by atoms with Gasteiger partial charge in [0, 0.05) is 38.0 Å². The molecule has 1 saturated heterocycles. The third kappa shape index (κ3) is 4.47. The highest BCUT2D eigenvalue weighted by molar-refractivity contribution is 5.82. The number of aliphatic hydroxyl groups is 1. The van der Waals surface area contributed by atoms with Crippen molar-refractivity contribution >= 4 is 11.8 Å². The van der Waals surface area contributed by atoms with Gasteiger partial charge in [-0.05, 0) is 118 Å². The van der Waals surface area contributed by atoms with Gasteiger partial charge in [-0.15, -0.1) is 0 Å². The SMILES string of the molecule is C[C@H](CCC(=O)N1CCN(C(=O)C2CC2)C[C@@H]1C)[C@H]1CC[C@H]2[C@@H]3CC=C4C[C@@H](O)CC[C@]4(C)[C@H]3CC[C@]12C. The van der Waals surface area contributed by atoms with Crippen molar-refractivity contribution in [2.45, 2.75) is 117 Å². The van der Waals surface area contributed by atoms with Crippen LogP contribution in [0.2, 0.25) is 0 Å². The minimum atomic E-state index is -0.128. The summed E-state index contributed by atoms with van der Waals surface area (Å²) < 4.78 is 0. The molecule has 0 bridgehead atoms. The van der Waals surface area contributed by atoms with Crippen molar-refractivity contribution in [1.29, 1.82) is 0 Å². The predicted octanol–water partition coefficient (Wildman–Crippen LogP) is 5.81. The second kappa shape index (κ2) is 9.93. The number of rotatable bonds is 5. The number of piperazine rings is 1. The Morgan fingerprint density at radius 3 is 2.58 bits per heavy atom. The molecule has 0 unspecified atom stereocenters. The monoisotopic (exact) mass is 524 g/mol. The smallest absolute Gasteiger partial charge is 0.225 e. The van der Waals surface area contributed by atoms with Crippen LogP contribution in [0.5, 0.6) is 0 Å². The van der Waals surface area contributed by atoms with Crippen molar-refractivity contribution in [3.05, 3.63) is 11.6 Å². The average molecular weight is 525 g/mol. The summed E-state index contributed by atoms with van der Waals surface area (Å²) in [6.45, 7) is 11.8. The summed E-state index contributed by atoms with van der Waals surface area (Å²) in [7, 11) is 0. The zero-order valence-corrected chi connectivity index (χ0v) is 24.5. The molecular weight excluding hydrogens is 472 g/mol. The van der Waals surface area contributed by atoms with Crippen LogP contribution in [0, 0.1) is 46.3 Å². The molecule has 5 aliphatic carbocycles. The molecule has 5 heteroatoms. The number of hydrogen-bond donors (Lipinski definition) is 1. The standard InChI is InChI=1S/C33H52N2O3/c1-21(5-12-30(37)35-18-17-34(20-22(35)2)31(38)23-6-7-23)27-10-11-28-26-9-8-24-19-25(36)13-15-32(24,3)29(26)14-16-33(27,28)4/h8,21-23,25-29,36H,5-7,9-20H2,1-4H3/t21-,22+,25+,26+,27-,28+,29+,32+,33-/m1/s1. The molecule has 0 aromatic heterocycles.